The number of hydrogen-bond acceptors (Lipinski definition) is 2. The van der Waals surface area contributed by atoms with Crippen molar-refractivity contribution >= 4 is 5.84 Å². The number of aliphatic imine (C=N–C) groups is 1. The molecule has 0 amide bonds. The maximum Gasteiger partial charge on any atom is 0.146 e. The molecule has 1 heterocycles. The number of amidine groups is 1. The molecular formula is C8H14N4. The zero-order valence-electron chi connectivity index (χ0n) is 7.49. The SMILES string of the molecule is CCCN=C(N)c1ccn(C)n1. The van der Waals surface area contributed by atoms with Crippen molar-refractivity contribution < 1.29 is 0 Å². The molecule has 0 atom stereocenters. The van der Waals surface area contributed by atoms with Gasteiger partial charge in [-0.25, -0.2) is 0 Å². The van der Waals surface area contributed by atoms with Gasteiger partial charge in [0.15, 0.2) is 0 Å². The molecule has 66 valence electrons. The van der Waals surface area contributed by atoms with Gasteiger partial charge in [-0.05, 0) is 12.5 Å². The van der Waals surface area contributed by atoms with Crippen molar-refractivity contribution in [1.29, 1.82) is 0 Å². The van der Waals surface area contributed by atoms with Crippen LogP contribution in [0.5, 0.6) is 0 Å². The minimum atomic E-state index is 0.525. The van der Waals surface area contributed by atoms with Crippen LogP contribution in [-0.4, -0.2) is 22.2 Å². The fourth-order valence-electron chi connectivity index (χ4n) is 0.865. The smallest absolute Gasteiger partial charge is 0.146 e. The number of nitrogens with two attached hydrogens (primary N) is 1. The molecule has 0 aromatic carbocycles. The van der Waals surface area contributed by atoms with E-state index >= 15 is 0 Å². The van der Waals surface area contributed by atoms with Crippen molar-refractivity contribution in [1.82, 2.24) is 9.78 Å². The number of hydrogen-bond donors (Lipinski definition) is 1. The lowest BCUT2D eigenvalue weighted by atomic mass is 10.4. The molecule has 0 aliphatic rings. The number of nitrogens with zero attached hydrogens (tertiary/aromatic N) is 3. The third-order valence-corrected chi connectivity index (χ3v) is 1.48. The minimum absolute atomic E-state index is 0.525. The molecule has 0 aliphatic heterocycles. The second kappa shape index (κ2) is 3.90. The van der Waals surface area contributed by atoms with E-state index in [2.05, 4.69) is 17.0 Å². The van der Waals surface area contributed by atoms with Crippen LogP contribution in [0.25, 0.3) is 0 Å². The summed E-state index contributed by atoms with van der Waals surface area (Å²) in [6.45, 7) is 2.83. The molecule has 12 heavy (non-hydrogen) atoms. The molecule has 0 radical (unpaired) electrons. The first-order chi connectivity index (χ1) is 5.74. The van der Waals surface area contributed by atoms with E-state index in [1.54, 1.807) is 4.68 Å². The van der Waals surface area contributed by atoms with E-state index in [9.17, 15) is 0 Å². The molecule has 0 bridgehead atoms. The van der Waals surface area contributed by atoms with Gasteiger partial charge in [0, 0.05) is 19.8 Å². The van der Waals surface area contributed by atoms with Crippen LogP contribution >= 0.6 is 0 Å². The highest BCUT2D eigenvalue weighted by atomic mass is 15.3. The highest BCUT2D eigenvalue weighted by Gasteiger charge is 1.99. The van der Waals surface area contributed by atoms with Crippen molar-refractivity contribution in [2.75, 3.05) is 6.54 Å². The van der Waals surface area contributed by atoms with Crippen LogP contribution < -0.4 is 5.73 Å². The second-order valence-electron chi connectivity index (χ2n) is 2.64. The Morgan fingerprint density at radius 2 is 2.50 bits per heavy atom. The first-order valence-corrected chi connectivity index (χ1v) is 4.04. The molecule has 2 N–H and O–H groups in total. The second-order valence-corrected chi connectivity index (χ2v) is 2.64. The van der Waals surface area contributed by atoms with Gasteiger partial charge in [-0.3, -0.25) is 9.67 Å². The van der Waals surface area contributed by atoms with Crippen LogP contribution in [0.1, 0.15) is 19.0 Å². The quantitative estimate of drug-likeness (QED) is 0.526. The van der Waals surface area contributed by atoms with Crippen LogP contribution in [0, 0.1) is 0 Å². The van der Waals surface area contributed by atoms with Crippen molar-refractivity contribution in [2.45, 2.75) is 13.3 Å². The van der Waals surface area contributed by atoms with Gasteiger partial charge >= 0.3 is 0 Å². The average Bonchev–Trinajstić information content (AvgIpc) is 2.47. The molecule has 0 aliphatic carbocycles. The van der Waals surface area contributed by atoms with Gasteiger partial charge in [0.05, 0.1) is 0 Å². The van der Waals surface area contributed by atoms with E-state index in [4.69, 9.17) is 5.73 Å². The van der Waals surface area contributed by atoms with Crippen LogP contribution in [0.4, 0.5) is 0 Å². The van der Waals surface area contributed by atoms with Gasteiger partial charge in [-0.1, -0.05) is 6.92 Å². The van der Waals surface area contributed by atoms with Gasteiger partial charge in [-0.15, -0.1) is 0 Å². The topological polar surface area (TPSA) is 56.2 Å². The Morgan fingerprint density at radius 3 is 3.00 bits per heavy atom. The van der Waals surface area contributed by atoms with Gasteiger partial charge in [-0.2, -0.15) is 5.10 Å². The van der Waals surface area contributed by atoms with E-state index in [1.165, 1.54) is 0 Å². The van der Waals surface area contributed by atoms with E-state index in [0.717, 1.165) is 18.7 Å². The van der Waals surface area contributed by atoms with Crippen LogP contribution in [0.2, 0.25) is 0 Å². The summed E-state index contributed by atoms with van der Waals surface area (Å²) in [5.74, 6) is 0.525. The molecule has 0 saturated heterocycles. The summed E-state index contributed by atoms with van der Waals surface area (Å²) in [7, 11) is 1.86. The highest BCUT2D eigenvalue weighted by Crippen LogP contribution is 1.93. The monoisotopic (exact) mass is 166 g/mol. The molecule has 1 rings (SSSR count). The van der Waals surface area contributed by atoms with E-state index in [0.29, 0.717) is 5.84 Å². The van der Waals surface area contributed by atoms with Crippen molar-refractivity contribution in [3.8, 4) is 0 Å². The lowest BCUT2D eigenvalue weighted by Gasteiger charge is -1.94. The molecule has 0 spiro atoms. The third-order valence-electron chi connectivity index (χ3n) is 1.48. The third kappa shape index (κ3) is 2.08. The van der Waals surface area contributed by atoms with Crippen molar-refractivity contribution in [2.24, 2.45) is 17.8 Å². The standard InChI is InChI=1S/C8H14N4/c1-3-5-10-8(9)7-4-6-12(2)11-7/h4,6H,3,5H2,1-2H3,(H2,9,10). The molecular weight excluding hydrogens is 152 g/mol. The van der Waals surface area contributed by atoms with E-state index in [-0.39, 0.29) is 0 Å². The Bertz CT molecular complexity index is 274. The highest BCUT2D eigenvalue weighted by molar-refractivity contribution is 5.95. The van der Waals surface area contributed by atoms with Gasteiger partial charge in [0.1, 0.15) is 11.5 Å². The number of rotatable bonds is 3. The molecule has 0 saturated carbocycles. The van der Waals surface area contributed by atoms with E-state index in [1.807, 2.05) is 19.3 Å². The predicted molar refractivity (Wildman–Crippen MR) is 49.1 cm³/mol. The first-order valence-electron chi connectivity index (χ1n) is 4.04. The van der Waals surface area contributed by atoms with Gasteiger partial charge in [0.2, 0.25) is 0 Å². The van der Waals surface area contributed by atoms with Crippen LogP contribution in [0.3, 0.4) is 0 Å². The maximum atomic E-state index is 5.67. The number of aryl methyl sites for hydroxylation is 1. The zero-order valence-corrected chi connectivity index (χ0v) is 7.49. The fourth-order valence-corrected chi connectivity index (χ4v) is 0.865. The molecule has 0 unspecified atom stereocenters. The minimum Gasteiger partial charge on any atom is -0.382 e. The molecule has 1 aromatic heterocycles. The maximum absolute atomic E-state index is 5.67. The lowest BCUT2D eigenvalue weighted by molar-refractivity contribution is 0.763. The average molecular weight is 166 g/mol. The van der Waals surface area contributed by atoms with Crippen LogP contribution in [-0.2, 0) is 7.05 Å². The lowest BCUT2D eigenvalue weighted by Crippen LogP contribution is -2.15. The predicted octanol–water partition coefficient (Wildman–Crippen LogP) is 0.535. The largest absolute Gasteiger partial charge is 0.382 e. The first kappa shape index (κ1) is 8.77. The Morgan fingerprint density at radius 1 is 1.75 bits per heavy atom. The molecule has 4 nitrogen and oxygen atoms in total. The van der Waals surface area contributed by atoms with Crippen LogP contribution in [0.15, 0.2) is 17.3 Å². The number of aromatic nitrogens is 2. The molecule has 1 aromatic rings. The van der Waals surface area contributed by atoms with Gasteiger partial charge < -0.3 is 5.73 Å². The summed E-state index contributed by atoms with van der Waals surface area (Å²) < 4.78 is 1.71. The van der Waals surface area contributed by atoms with E-state index < -0.39 is 0 Å². The summed E-state index contributed by atoms with van der Waals surface area (Å²) in [5.41, 5.74) is 6.42. The Balaban J connectivity index is 2.70. The molecule has 4 heteroatoms. The summed E-state index contributed by atoms with van der Waals surface area (Å²) >= 11 is 0. The molecule has 0 fully saturated rings. The summed E-state index contributed by atoms with van der Waals surface area (Å²) in [5, 5.41) is 4.12. The Labute approximate surface area is 72.1 Å². The normalized spacial score (nSPS) is 12.0. The zero-order chi connectivity index (χ0) is 8.97. The van der Waals surface area contributed by atoms with Crippen molar-refractivity contribution in [3.05, 3.63) is 18.0 Å². The Kier molecular flexibility index (Phi) is 2.85. The summed E-state index contributed by atoms with van der Waals surface area (Å²) in [6.07, 6.45) is 2.86. The van der Waals surface area contributed by atoms with Crippen molar-refractivity contribution in [3.63, 3.8) is 0 Å². The van der Waals surface area contributed by atoms with Gasteiger partial charge in [0.25, 0.3) is 0 Å². The summed E-state index contributed by atoms with van der Waals surface area (Å²) in [6, 6.07) is 1.86. The summed E-state index contributed by atoms with van der Waals surface area (Å²) in [4.78, 5) is 4.14. The fraction of sp³-hybridized carbons (Fsp3) is 0.500. The Hall–Kier alpha value is -1.32.